The van der Waals surface area contributed by atoms with E-state index in [2.05, 4.69) is 4.98 Å². The minimum atomic E-state index is -1.31. The fourth-order valence-corrected chi connectivity index (χ4v) is 1.71. The molecule has 0 fully saturated rings. The van der Waals surface area contributed by atoms with Gasteiger partial charge in [-0.2, -0.15) is 0 Å². The average molecular weight is 235 g/mol. The molecule has 1 aromatic heterocycles. The summed E-state index contributed by atoms with van der Waals surface area (Å²) >= 11 is 0. The van der Waals surface area contributed by atoms with Crippen LogP contribution in [0.3, 0.4) is 0 Å². The number of hydrogen-bond donors (Lipinski definition) is 3. The largest absolute Gasteiger partial charge is 0.508 e. The molecule has 2 aromatic rings. The van der Waals surface area contributed by atoms with Crippen molar-refractivity contribution in [2.45, 2.75) is 13.0 Å². The lowest BCUT2D eigenvalue weighted by molar-refractivity contribution is -0.153. The van der Waals surface area contributed by atoms with Crippen LogP contribution >= 0.6 is 0 Å². The second-order valence-corrected chi connectivity index (χ2v) is 3.63. The number of ether oxygens (including phenoxy) is 1. The van der Waals surface area contributed by atoms with Crippen molar-refractivity contribution in [1.82, 2.24) is 4.98 Å². The van der Waals surface area contributed by atoms with Crippen LogP contribution in [0.2, 0.25) is 0 Å². The first kappa shape index (κ1) is 11.5. The van der Waals surface area contributed by atoms with E-state index >= 15 is 0 Å². The zero-order valence-electron chi connectivity index (χ0n) is 9.30. The van der Waals surface area contributed by atoms with E-state index in [0.29, 0.717) is 16.5 Å². The number of esters is 1. The van der Waals surface area contributed by atoms with Crippen LogP contribution < -0.4 is 0 Å². The summed E-state index contributed by atoms with van der Waals surface area (Å²) in [5, 5.41) is 19.8. The highest BCUT2D eigenvalue weighted by molar-refractivity contribution is 5.89. The number of fused-ring (bicyclic) bond motifs is 1. The Balaban J connectivity index is 2.39. The molecule has 0 radical (unpaired) electrons. The molecule has 1 unspecified atom stereocenters. The maximum absolute atomic E-state index is 11.4. The van der Waals surface area contributed by atoms with Crippen molar-refractivity contribution in [3.05, 3.63) is 30.0 Å². The molecule has 0 amide bonds. The lowest BCUT2D eigenvalue weighted by Gasteiger charge is -2.08. The van der Waals surface area contributed by atoms with Gasteiger partial charge in [0.15, 0.2) is 6.10 Å². The van der Waals surface area contributed by atoms with Crippen LogP contribution in [0.15, 0.2) is 24.4 Å². The Labute approximate surface area is 97.6 Å². The Morgan fingerprint density at radius 1 is 1.53 bits per heavy atom. The van der Waals surface area contributed by atoms with Crippen LogP contribution in [0.1, 0.15) is 18.6 Å². The maximum Gasteiger partial charge on any atom is 0.339 e. The van der Waals surface area contributed by atoms with Crippen molar-refractivity contribution in [2.75, 3.05) is 6.61 Å². The summed E-state index contributed by atoms with van der Waals surface area (Å²) in [7, 11) is 0. The molecule has 1 heterocycles. The first-order chi connectivity index (χ1) is 8.13. The van der Waals surface area contributed by atoms with Crippen molar-refractivity contribution >= 4 is 16.9 Å². The molecule has 90 valence electrons. The molecule has 0 aliphatic heterocycles. The van der Waals surface area contributed by atoms with E-state index < -0.39 is 12.1 Å². The van der Waals surface area contributed by atoms with Crippen molar-refractivity contribution in [3.63, 3.8) is 0 Å². The fraction of sp³-hybridized carbons (Fsp3) is 0.250. The number of hydrogen-bond acceptors (Lipinski definition) is 4. The molecule has 0 aliphatic rings. The second kappa shape index (κ2) is 4.47. The predicted molar refractivity (Wildman–Crippen MR) is 61.6 cm³/mol. The number of aromatic nitrogens is 1. The van der Waals surface area contributed by atoms with Crippen molar-refractivity contribution < 1.29 is 19.7 Å². The molecule has 3 N–H and O–H groups in total. The quantitative estimate of drug-likeness (QED) is 0.703. The number of phenolic OH excluding ortho intramolecular Hbond substituents is 1. The summed E-state index contributed by atoms with van der Waals surface area (Å²) in [5.41, 5.74) is 1.10. The average Bonchev–Trinajstić information content (AvgIpc) is 2.71. The first-order valence-corrected chi connectivity index (χ1v) is 5.28. The Kier molecular flexibility index (Phi) is 3.01. The minimum absolute atomic E-state index is 0.122. The van der Waals surface area contributed by atoms with Gasteiger partial charge in [-0.25, -0.2) is 4.79 Å². The van der Waals surface area contributed by atoms with Crippen LogP contribution in [-0.4, -0.2) is 27.8 Å². The Bertz CT molecular complexity index is 546. The third-order valence-corrected chi connectivity index (χ3v) is 2.50. The molecule has 5 nitrogen and oxygen atoms in total. The monoisotopic (exact) mass is 235 g/mol. The lowest BCUT2D eigenvalue weighted by Crippen LogP contribution is -2.14. The molecule has 0 saturated carbocycles. The molecule has 17 heavy (non-hydrogen) atoms. The highest BCUT2D eigenvalue weighted by Gasteiger charge is 2.21. The number of carbonyl (C=O) groups excluding carboxylic acids is 1. The number of aromatic amines is 1. The summed E-state index contributed by atoms with van der Waals surface area (Å²) in [6, 6.07) is 4.66. The van der Waals surface area contributed by atoms with Gasteiger partial charge in [0.2, 0.25) is 0 Å². The third kappa shape index (κ3) is 2.09. The van der Waals surface area contributed by atoms with Gasteiger partial charge in [0.1, 0.15) is 5.75 Å². The number of carbonyl (C=O) groups is 1. The van der Waals surface area contributed by atoms with Crippen molar-refractivity contribution in [1.29, 1.82) is 0 Å². The van der Waals surface area contributed by atoms with E-state index in [4.69, 9.17) is 4.74 Å². The van der Waals surface area contributed by atoms with Crippen LogP contribution in [0.4, 0.5) is 0 Å². The summed E-state index contributed by atoms with van der Waals surface area (Å²) in [5.74, 6) is -0.557. The predicted octanol–water partition coefficient (Wildman–Crippen LogP) is 1.47. The van der Waals surface area contributed by atoms with Gasteiger partial charge in [0, 0.05) is 28.7 Å². The van der Waals surface area contributed by atoms with Gasteiger partial charge in [-0.3, -0.25) is 0 Å². The maximum atomic E-state index is 11.4. The summed E-state index contributed by atoms with van der Waals surface area (Å²) in [6.07, 6.45) is 0.222. The van der Waals surface area contributed by atoms with Crippen LogP contribution in [0.25, 0.3) is 10.9 Å². The normalized spacial score (nSPS) is 12.6. The molecular weight excluding hydrogens is 222 g/mol. The fourth-order valence-electron chi connectivity index (χ4n) is 1.71. The van der Waals surface area contributed by atoms with Crippen LogP contribution in [-0.2, 0) is 9.53 Å². The van der Waals surface area contributed by atoms with Gasteiger partial charge in [0.05, 0.1) is 6.61 Å². The van der Waals surface area contributed by atoms with Gasteiger partial charge in [-0.1, -0.05) is 0 Å². The molecule has 5 heteroatoms. The van der Waals surface area contributed by atoms with Crippen molar-refractivity contribution in [3.8, 4) is 5.75 Å². The highest BCUT2D eigenvalue weighted by Crippen LogP contribution is 2.27. The zero-order valence-corrected chi connectivity index (χ0v) is 9.30. The van der Waals surface area contributed by atoms with Gasteiger partial charge in [-0.05, 0) is 19.1 Å². The smallest absolute Gasteiger partial charge is 0.339 e. The molecule has 1 atom stereocenters. The molecular formula is C12H13NO4. The van der Waals surface area contributed by atoms with Crippen molar-refractivity contribution in [2.24, 2.45) is 0 Å². The number of phenols is 1. The molecule has 1 aromatic carbocycles. The Morgan fingerprint density at radius 3 is 3.00 bits per heavy atom. The van der Waals surface area contributed by atoms with Crippen LogP contribution in [0, 0.1) is 0 Å². The Morgan fingerprint density at radius 2 is 2.29 bits per heavy atom. The topological polar surface area (TPSA) is 82.5 Å². The minimum Gasteiger partial charge on any atom is -0.508 e. The van der Waals surface area contributed by atoms with E-state index in [9.17, 15) is 15.0 Å². The van der Waals surface area contributed by atoms with E-state index in [-0.39, 0.29) is 12.4 Å². The lowest BCUT2D eigenvalue weighted by atomic mass is 10.1. The third-order valence-electron chi connectivity index (χ3n) is 2.50. The summed E-state index contributed by atoms with van der Waals surface area (Å²) < 4.78 is 4.75. The van der Waals surface area contributed by atoms with Gasteiger partial charge in [-0.15, -0.1) is 0 Å². The van der Waals surface area contributed by atoms with E-state index in [1.165, 1.54) is 18.3 Å². The Hall–Kier alpha value is -2.01. The van der Waals surface area contributed by atoms with Gasteiger partial charge >= 0.3 is 5.97 Å². The number of aliphatic hydroxyl groups is 1. The molecule has 0 aliphatic carbocycles. The molecule has 2 rings (SSSR count). The number of H-pyrrole nitrogens is 1. The zero-order chi connectivity index (χ0) is 12.4. The standard InChI is InChI=1S/C12H13NO4/c1-2-17-12(16)11(15)9-6-13-10-5-7(14)3-4-8(9)10/h3-6,11,13-15H,2H2,1H3. The number of aromatic hydroxyl groups is 1. The van der Waals surface area contributed by atoms with Gasteiger partial charge in [0.25, 0.3) is 0 Å². The second-order valence-electron chi connectivity index (χ2n) is 3.63. The van der Waals surface area contributed by atoms with E-state index in [1.54, 1.807) is 13.0 Å². The van der Waals surface area contributed by atoms with Crippen LogP contribution in [0.5, 0.6) is 5.75 Å². The highest BCUT2D eigenvalue weighted by atomic mass is 16.5. The number of rotatable bonds is 3. The molecule has 0 saturated heterocycles. The number of aliphatic hydroxyl groups excluding tert-OH is 1. The molecule has 0 bridgehead atoms. The summed E-state index contributed by atoms with van der Waals surface area (Å²) in [4.78, 5) is 14.3. The first-order valence-electron chi connectivity index (χ1n) is 5.28. The summed E-state index contributed by atoms with van der Waals surface area (Å²) in [6.45, 7) is 1.90. The van der Waals surface area contributed by atoms with Gasteiger partial charge < -0.3 is 19.9 Å². The van der Waals surface area contributed by atoms with E-state index in [0.717, 1.165) is 0 Å². The number of nitrogens with one attached hydrogen (secondary N) is 1. The number of benzene rings is 1. The molecule has 0 spiro atoms. The SMILES string of the molecule is CCOC(=O)C(O)c1c[nH]c2cc(O)ccc12. The van der Waals surface area contributed by atoms with E-state index in [1.807, 2.05) is 0 Å².